The van der Waals surface area contributed by atoms with Gasteiger partial charge in [-0.2, -0.15) is 5.10 Å². The summed E-state index contributed by atoms with van der Waals surface area (Å²) in [6.45, 7) is 1.27. The van der Waals surface area contributed by atoms with Gasteiger partial charge in [-0.25, -0.2) is 0 Å². The number of rotatable bonds is 6. The molecule has 0 saturated heterocycles. The van der Waals surface area contributed by atoms with Crippen molar-refractivity contribution in [3.8, 4) is 0 Å². The quantitative estimate of drug-likeness (QED) is 0.815. The van der Waals surface area contributed by atoms with Gasteiger partial charge in [0.05, 0.1) is 6.20 Å². The zero-order chi connectivity index (χ0) is 11.7. The molecule has 2 aliphatic carbocycles. The van der Waals surface area contributed by atoms with Gasteiger partial charge in [0.2, 0.25) is 0 Å². The fourth-order valence-corrected chi connectivity index (χ4v) is 2.85. The summed E-state index contributed by atoms with van der Waals surface area (Å²) in [6.07, 6.45) is 12.4. The lowest BCUT2D eigenvalue weighted by Crippen LogP contribution is -2.36. The van der Waals surface area contributed by atoms with Gasteiger partial charge in [-0.05, 0) is 62.5 Å². The van der Waals surface area contributed by atoms with E-state index in [-0.39, 0.29) is 0 Å². The van der Waals surface area contributed by atoms with E-state index in [1.807, 2.05) is 17.9 Å². The van der Waals surface area contributed by atoms with Gasteiger partial charge in [0, 0.05) is 19.3 Å². The fraction of sp³-hybridized carbons (Fsp3) is 0.786. The van der Waals surface area contributed by atoms with Crippen LogP contribution in [0, 0.1) is 11.8 Å². The molecule has 3 heteroatoms. The molecule has 1 aromatic heterocycles. The van der Waals surface area contributed by atoms with Crippen LogP contribution in [0.4, 0.5) is 0 Å². The van der Waals surface area contributed by atoms with Crippen LogP contribution in [0.15, 0.2) is 12.4 Å². The summed E-state index contributed by atoms with van der Waals surface area (Å²) in [7, 11) is 2.00. The molecule has 2 atom stereocenters. The predicted octanol–water partition coefficient (Wildman–Crippen LogP) is 2.13. The van der Waals surface area contributed by atoms with E-state index in [2.05, 4.69) is 16.6 Å². The van der Waals surface area contributed by atoms with Crippen molar-refractivity contribution in [2.75, 3.05) is 6.54 Å². The Hall–Kier alpha value is -0.830. The smallest absolute Gasteiger partial charge is 0.0521 e. The minimum Gasteiger partial charge on any atom is -0.314 e. The first-order valence-corrected chi connectivity index (χ1v) is 7.02. The van der Waals surface area contributed by atoms with E-state index in [9.17, 15) is 0 Å². The van der Waals surface area contributed by atoms with Crippen LogP contribution in [0.5, 0.6) is 0 Å². The number of nitrogens with zero attached hydrogens (tertiary/aromatic N) is 2. The summed E-state index contributed by atoms with van der Waals surface area (Å²) in [5.41, 5.74) is 1.40. The van der Waals surface area contributed by atoms with Crippen LogP contribution in [0.1, 0.15) is 37.7 Å². The second kappa shape index (κ2) is 4.81. The van der Waals surface area contributed by atoms with Crippen molar-refractivity contribution in [1.82, 2.24) is 15.1 Å². The average Bonchev–Trinajstić information content (AvgIpc) is 3.01. The molecule has 0 spiro atoms. The molecule has 2 aliphatic rings. The van der Waals surface area contributed by atoms with Gasteiger partial charge in [0.15, 0.2) is 0 Å². The number of nitrogens with one attached hydrogen (secondary N) is 1. The Morgan fingerprint density at radius 3 is 2.71 bits per heavy atom. The summed E-state index contributed by atoms with van der Waals surface area (Å²) >= 11 is 0. The zero-order valence-corrected chi connectivity index (χ0v) is 10.7. The first-order valence-electron chi connectivity index (χ1n) is 7.02. The van der Waals surface area contributed by atoms with Crippen molar-refractivity contribution in [2.45, 2.75) is 44.6 Å². The van der Waals surface area contributed by atoms with Gasteiger partial charge >= 0.3 is 0 Å². The van der Waals surface area contributed by atoms with Gasteiger partial charge in [0.25, 0.3) is 0 Å². The van der Waals surface area contributed by atoms with Crippen molar-refractivity contribution in [3.63, 3.8) is 0 Å². The third-order valence-corrected chi connectivity index (χ3v) is 4.38. The van der Waals surface area contributed by atoms with E-state index in [0.29, 0.717) is 0 Å². The summed E-state index contributed by atoms with van der Waals surface area (Å²) in [4.78, 5) is 0. The van der Waals surface area contributed by atoms with Crippen LogP contribution < -0.4 is 5.32 Å². The van der Waals surface area contributed by atoms with E-state index in [0.717, 1.165) is 17.9 Å². The standard InChI is InChI=1S/C14H23N3/c1-17-10-11(8-16-17)2-3-12-4-5-13(12)9-15-14-6-7-14/h8,10,12-15H,2-7,9H2,1H3. The molecular weight excluding hydrogens is 210 g/mol. The van der Waals surface area contributed by atoms with Crippen LogP contribution in [0.25, 0.3) is 0 Å². The van der Waals surface area contributed by atoms with Crippen molar-refractivity contribution in [1.29, 1.82) is 0 Å². The first-order chi connectivity index (χ1) is 8.31. The van der Waals surface area contributed by atoms with Crippen molar-refractivity contribution >= 4 is 0 Å². The Bertz CT molecular complexity index is 367. The highest BCUT2D eigenvalue weighted by molar-refractivity contribution is 5.04. The third-order valence-electron chi connectivity index (χ3n) is 4.38. The summed E-state index contributed by atoms with van der Waals surface area (Å²) in [6, 6.07) is 0.870. The second-order valence-corrected chi connectivity index (χ2v) is 5.84. The molecule has 1 N–H and O–H groups in total. The third kappa shape index (κ3) is 2.89. The molecule has 17 heavy (non-hydrogen) atoms. The van der Waals surface area contributed by atoms with Crippen molar-refractivity contribution in [3.05, 3.63) is 18.0 Å². The maximum atomic E-state index is 4.23. The maximum absolute atomic E-state index is 4.23. The van der Waals surface area contributed by atoms with Gasteiger partial charge in [-0.1, -0.05) is 0 Å². The van der Waals surface area contributed by atoms with Gasteiger partial charge in [-0.15, -0.1) is 0 Å². The van der Waals surface area contributed by atoms with Gasteiger partial charge < -0.3 is 5.32 Å². The minimum atomic E-state index is 0.870. The maximum Gasteiger partial charge on any atom is 0.0521 e. The molecular formula is C14H23N3. The molecule has 94 valence electrons. The van der Waals surface area contributed by atoms with Crippen LogP contribution in [-0.2, 0) is 13.5 Å². The number of hydrogen-bond acceptors (Lipinski definition) is 2. The Morgan fingerprint density at radius 2 is 2.12 bits per heavy atom. The first kappa shape index (κ1) is 11.3. The lowest BCUT2D eigenvalue weighted by molar-refractivity contribution is 0.160. The Kier molecular flexibility index (Phi) is 3.19. The van der Waals surface area contributed by atoms with Gasteiger partial charge in [-0.3, -0.25) is 4.68 Å². The molecule has 3 nitrogen and oxygen atoms in total. The van der Waals surface area contributed by atoms with E-state index in [1.165, 1.54) is 50.6 Å². The summed E-state index contributed by atoms with van der Waals surface area (Å²) < 4.78 is 1.90. The molecule has 0 radical (unpaired) electrons. The van der Waals surface area contributed by atoms with Gasteiger partial charge in [0.1, 0.15) is 0 Å². The highest BCUT2D eigenvalue weighted by Crippen LogP contribution is 2.37. The minimum absolute atomic E-state index is 0.870. The molecule has 2 unspecified atom stereocenters. The van der Waals surface area contributed by atoms with Crippen LogP contribution in [0.3, 0.4) is 0 Å². The molecule has 0 aromatic carbocycles. The normalized spacial score (nSPS) is 28.1. The summed E-state index contributed by atoms with van der Waals surface area (Å²) in [5.74, 6) is 1.91. The SMILES string of the molecule is Cn1cc(CCC2CCC2CNC2CC2)cn1. The highest BCUT2D eigenvalue weighted by Gasteiger charge is 2.31. The average molecular weight is 233 g/mol. The second-order valence-electron chi connectivity index (χ2n) is 5.84. The lowest BCUT2D eigenvalue weighted by Gasteiger charge is -2.37. The Morgan fingerprint density at radius 1 is 1.29 bits per heavy atom. The van der Waals surface area contributed by atoms with E-state index in [1.54, 1.807) is 0 Å². The Labute approximate surface area is 104 Å². The topological polar surface area (TPSA) is 29.9 Å². The number of aryl methyl sites for hydroxylation is 2. The van der Waals surface area contributed by atoms with Crippen molar-refractivity contribution in [2.24, 2.45) is 18.9 Å². The molecule has 0 bridgehead atoms. The number of hydrogen-bond donors (Lipinski definition) is 1. The molecule has 1 heterocycles. The summed E-state index contributed by atoms with van der Waals surface area (Å²) in [5, 5.41) is 7.90. The fourth-order valence-electron chi connectivity index (χ4n) is 2.85. The lowest BCUT2D eigenvalue weighted by atomic mass is 9.71. The Balaban J connectivity index is 1.39. The number of aromatic nitrogens is 2. The van der Waals surface area contributed by atoms with E-state index < -0.39 is 0 Å². The van der Waals surface area contributed by atoms with Crippen molar-refractivity contribution < 1.29 is 0 Å². The zero-order valence-electron chi connectivity index (χ0n) is 10.7. The molecule has 0 amide bonds. The molecule has 2 fully saturated rings. The van der Waals surface area contributed by atoms with Crippen LogP contribution in [0.2, 0.25) is 0 Å². The molecule has 2 saturated carbocycles. The van der Waals surface area contributed by atoms with E-state index >= 15 is 0 Å². The van der Waals surface area contributed by atoms with Crippen LogP contribution >= 0.6 is 0 Å². The molecule has 0 aliphatic heterocycles. The van der Waals surface area contributed by atoms with Crippen LogP contribution in [-0.4, -0.2) is 22.4 Å². The largest absolute Gasteiger partial charge is 0.314 e. The molecule has 3 rings (SSSR count). The predicted molar refractivity (Wildman–Crippen MR) is 68.8 cm³/mol. The molecule has 1 aromatic rings. The van der Waals surface area contributed by atoms with E-state index in [4.69, 9.17) is 0 Å². The monoisotopic (exact) mass is 233 g/mol. The highest BCUT2D eigenvalue weighted by atomic mass is 15.2.